The van der Waals surface area contributed by atoms with E-state index >= 15 is 0 Å². The second kappa shape index (κ2) is 6.68. The van der Waals surface area contributed by atoms with Gasteiger partial charge in [-0.2, -0.15) is 0 Å². The van der Waals surface area contributed by atoms with Crippen molar-refractivity contribution in [3.05, 3.63) is 35.4 Å². The lowest BCUT2D eigenvalue weighted by molar-refractivity contribution is -0.136. The topological polar surface area (TPSA) is 60.8 Å². The van der Waals surface area contributed by atoms with E-state index < -0.39 is 11.6 Å². The molecular weight excluding hydrogens is 242 g/mol. The first kappa shape index (κ1) is 15.7. The van der Waals surface area contributed by atoms with E-state index in [1.807, 2.05) is 24.3 Å². The average molecular weight is 265 g/mol. The first-order valence-electron chi connectivity index (χ1n) is 6.54. The average Bonchev–Trinajstić information content (AvgIpc) is 2.28. The summed E-state index contributed by atoms with van der Waals surface area (Å²) in [6.45, 7) is 7.89. The van der Waals surface area contributed by atoms with E-state index in [4.69, 9.17) is 5.11 Å². The Balaban J connectivity index is 2.63. The van der Waals surface area contributed by atoms with Crippen LogP contribution < -0.4 is 0 Å². The normalized spacial score (nSPS) is 11.8. The van der Waals surface area contributed by atoms with E-state index in [0.29, 0.717) is 6.54 Å². The van der Waals surface area contributed by atoms with E-state index in [1.165, 1.54) is 0 Å². The summed E-state index contributed by atoms with van der Waals surface area (Å²) in [6, 6.07) is 7.60. The second-order valence-corrected chi connectivity index (χ2v) is 5.50. The highest BCUT2D eigenvalue weighted by molar-refractivity contribution is 5.70. The van der Waals surface area contributed by atoms with Crippen molar-refractivity contribution in [3.8, 4) is 0 Å². The number of aliphatic carboxylic acids is 1. The van der Waals surface area contributed by atoms with E-state index in [9.17, 15) is 9.90 Å². The van der Waals surface area contributed by atoms with Gasteiger partial charge in [0.1, 0.15) is 0 Å². The maximum atomic E-state index is 10.6. The first-order valence-corrected chi connectivity index (χ1v) is 6.54. The number of hydrogen-bond donors (Lipinski definition) is 2. The predicted molar refractivity (Wildman–Crippen MR) is 75.0 cm³/mol. The summed E-state index contributed by atoms with van der Waals surface area (Å²) in [5.41, 5.74) is 1.22. The van der Waals surface area contributed by atoms with Gasteiger partial charge in [0.25, 0.3) is 0 Å². The van der Waals surface area contributed by atoms with Gasteiger partial charge < -0.3 is 10.2 Å². The van der Waals surface area contributed by atoms with Crippen molar-refractivity contribution in [1.29, 1.82) is 0 Å². The van der Waals surface area contributed by atoms with Crippen molar-refractivity contribution >= 4 is 5.97 Å². The SMILES string of the molecule is CCN(Cc1ccc(CC(=O)O)cc1)CC(C)(C)O. The fraction of sp³-hybridized carbons (Fsp3) is 0.533. The number of benzene rings is 1. The lowest BCUT2D eigenvalue weighted by Crippen LogP contribution is -2.38. The lowest BCUT2D eigenvalue weighted by Gasteiger charge is -2.28. The van der Waals surface area contributed by atoms with E-state index in [0.717, 1.165) is 24.2 Å². The highest BCUT2D eigenvalue weighted by Crippen LogP contribution is 2.11. The fourth-order valence-corrected chi connectivity index (χ4v) is 2.02. The van der Waals surface area contributed by atoms with E-state index in [1.54, 1.807) is 13.8 Å². The van der Waals surface area contributed by atoms with Crippen LogP contribution >= 0.6 is 0 Å². The molecule has 0 aliphatic carbocycles. The minimum atomic E-state index is -0.815. The number of likely N-dealkylation sites (N-methyl/N-ethyl adjacent to an activating group) is 1. The molecule has 0 unspecified atom stereocenters. The quantitative estimate of drug-likeness (QED) is 0.790. The van der Waals surface area contributed by atoms with Gasteiger partial charge in [-0.1, -0.05) is 31.2 Å². The zero-order valence-corrected chi connectivity index (χ0v) is 11.9. The molecule has 0 spiro atoms. The second-order valence-electron chi connectivity index (χ2n) is 5.50. The minimum Gasteiger partial charge on any atom is -0.481 e. The molecule has 0 aliphatic rings. The number of hydrogen-bond acceptors (Lipinski definition) is 3. The van der Waals surface area contributed by atoms with Gasteiger partial charge >= 0.3 is 5.97 Å². The Morgan fingerprint density at radius 2 is 1.74 bits per heavy atom. The van der Waals surface area contributed by atoms with Crippen molar-refractivity contribution in [2.45, 2.75) is 39.3 Å². The molecule has 2 N–H and O–H groups in total. The Kier molecular flexibility index (Phi) is 5.51. The molecule has 1 aromatic carbocycles. The summed E-state index contributed by atoms with van der Waals surface area (Å²) >= 11 is 0. The van der Waals surface area contributed by atoms with Crippen molar-refractivity contribution in [1.82, 2.24) is 4.90 Å². The standard InChI is InChI=1S/C15H23NO3/c1-4-16(11-15(2,3)19)10-13-7-5-12(6-8-13)9-14(17)18/h5-8,19H,4,9-11H2,1-3H3,(H,17,18). The van der Waals surface area contributed by atoms with Crippen LogP contribution in [0.2, 0.25) is 0 Å². The fourth-order valence-electron chi connectivity index (χ4n) is 2.02. The molecular formula is C15H23NO3. The van der Waals surface area contributed by atoms with Crippen LogP contribution in [0.15, 0.2) is 24.3 Å². The summed E-state index contributed by atoms with van der Waals surface area (Å²) in [7, 11) is 0. The van der Waals surface area contributed by atoms with Gasteiger partial charge in [0.05, 0.1) is 12.0 Å². The number of aliphatic hydroxyl groups is 1. The molecule has 0 heterocycles. The summed E-state index contributed by atoms with van der Waals surface area (Å²) in [5.74, 6) is -0.815. The maximum Gasteiger partial charge on any atom is 0.307 e. The van der Waals surface area contributed by atoms with Crippen LogP contribution in [0.3, 0.4) is 0 Å². The van der Waals surface area contributed by atoms with Crippen molar-refractivity contribution in [2.24, 2.45) is 0 Å². The van der Waals surface area contributed by atoms with Crippen LogP contribution in [0.25, 0.3) is 0 Å². The maximum absolute atomic E-state index is 10.6. The zero-order valence-electron chi connectivity index (χ0n) is 11.9. The number of carboxylic acid groups (broad SMARTS) is 1. The highest BCUT2D eigenvalue weighted by Gasteiger charge is 2.17. The molecule has 106 valence electrons. The van der Waals surface area contributed by atoms with E-state index in [2.05, 4.69) is 11.8 Å². The van der Waals surface area contributed by atoms with Gasteiger partial charge in [-0.25, -0.2) is 0 Å². The van der Waals surface area contributed by atoms with Gasteiger partial charge in [-0.3, -0.25) is 9.69 Å². The molecule has 0 aromatic heterocycles. The van der Waals surface area contributed by atoms with Crippen LogP contribution in [0.1, 0.15) is 31.9 Å². The monoisotopic (exact) mass is 265 g/mol. The molecule has 4 heteroatoms. The Morgan fingerprint density at radius 3 is 2.16 bits per heavy atom. The molecule has 19 heavy (non-hydrogen) atoms. The summed E-state index contributed by atoms with van der Waals surface area (Å²) in [5, 5.41) is 18.5. The molecule has 1 rings (SSSR count). The number of rotatable bonds is 7. The summed E-state index contributed by atoms with van der Waals surface area (Å²) < 4.78 is 0. The predicted octanol–water partition coefficient (Wildman–Crippen LogP) is 1.91. The van der Waals surface area contributed by atoms with Crippen molar-refractivity contribution in [2.75, 3.05) is 13.1 Å². The largest absolute Gasteiger partial charge is 0.481 e. The Labute approximate surface area is 114 Å². The van der Waals surface area contributed by atoms with Gasteiger partial charge in [0.15, 0.2) is 0 Å². The van der Waals surface area contributed by atoms with Crippen molar-refractivity contribution < 1.29 is 15.0 Å². The Morgan fingerprint density at radius 1 is 1.21 bits per heavy atom. The number of nitrogens with zero attached hydrogens (tertiary/aromatic N) is 1. The molecule has 0 atom stereocenters. The minimum absolute atomic E-state index is 0.0570. The van der Waals surface area contributed by atoms with Gasteiger partial charge in [0.2, 0.25) is 0 Å². The smallest absolute Gasteiger partial charge is 0.307 e. The third-order valence-corrected chi connectivity index (χ3v) is 2.84. The molecule has 0 amide bonds. The highest BCUT2D eigenvalue weighted by atomic mass is 16.4. The third kappa shape index (κ3) is 6.36. The van der Waals surface area contributed by atoms with Crippen LogP contribution in [0.4, 0.5) is 0 Å². The van der Waals surface area contributed by atoms with Crippen LogP contribution in [0.5, 0.6) is 0 Å². The van der Waals surface area contributed by atoms with Gasteiger partial charge in [0, 0.05) is 13.1 Å². The number of carbonyl (C=O) groups is 1. The molecule has 0 bridgehead atoms. The number of carboxylic acids is 1. The molecule has 0 aliphatic heterocycles. The first-order chi connectivity index (χ1) is 8.80. The van der Waals surface area contributed by atoms with Crippen LogP contribution in [0, 0.1) is 0 Å². The zero-order chi connectivity index (χ0) is 14.5. The molecule has 4 nitrogen and oxygen atoms in total. The van der Waals surface area contributed by atoms with Crippen molar-refractivity contribution in [3.63, 3.8) is 0 Å². The van der Waals surface area contributed by atoms with Crippen LogP contribution in [-0.4, -0.2) is 39.8 Å². The Bertz CT molecular complexity index is 406. The lowest BCUT2D eigenvalue weighted by atomic mass is 10.1. The van der Waals surface area contributed by atoms with Gasteiger partial charge in [-0.05, 0) is 31.5 Å². The molecule has 0 radical (unpaired) electrons. The third-order valence-electron chi connectivity index (χ3n) is 2.84. The van der Waals surface area contributed by atoms with Crippen LogP contribution in [-0.2, 0) is 17.8 Å². The molecule has 1 aromatic rings. The molecule has 0 saturated carbocycles. The molecule has 0 saturated heterocycles. The molecule has 0 fully saturated rings. The van der Waals surface area contributed by atoms with E-state index in [-0.39, 0.29) is 6.42 Å². The Hall–Kier alpha value is -1.39. The summed E-state index contributed by atoms with van der Waals surface area (Å²) in [4.78, 5) is 12.8. The summed E-state index contributed by atoms with van der Waals surface area (Å²) in [6.07, 6.45) is 0.0570. The van der Waals surface area contributed by atoms with Gasteiger partial charge in [-0.15, -0.1) is 0 Å².